The van der Waals surface area contributed by atoms with Crippen LogP contribution in [-0.4, -0.2) is 17.7 Å². The third-order valence-electron chi connectivity index (χ3n) is 18.1. The Morgan fingerprint density at radius 1 is 0.433 bits per heavy atom. The van der Waals surface area contributed by atoms with Crippen molar-refractivity contribution in [3.05, 3.63) is 287 Å². The van der Waals surface area contributed by atoms with E-state index in [0.717, 1.165) is 61.0 Å². The predicted octanol–water partition coefficient (Wildman–Crippen LogP) is 21.5. The van der Waals surface area contributed by atoms with Crippen LogP contribution in [0.15, 0.2) is 237 Å². The molecule has 0 unspecified atom stereocenters. The van der Waals surface area contributed by atoms with Crippen molar-refractivity contribution in [3.63, 3.8) is 0 Å². The summed E-state index contributed by atoms with van der Waals surface area (Å²) in [4.78, 5) is 48.0. The summed E-state index contributed by atoms with van der Waals surface area (Å²) in [5.74, 6) is 0.818. The van der Waals surface area contributed by atoms with Gasteiger partial charge in [0.05, 0.1) is 11.3 Å². The highest BCUT2D eigenvalue weighted by Gasteiger charge is 2.40. The van der Waals surface area contributed by atoms with E-state index >= 15 is 9.59 Å². The Hall–Kier alpha value is -10.9. The minimum absolute atomic E-state index is 0.0575. The Bertz CT molecular complexity index is 4890. The monoisotopic (exact) mass is 1170 g/mol. The molecule has 90 heavy (non-hydrogen) atoms. The van der Waals surface area contributed by atoms with Crippen LogP contribution in [0.2, 0.25) is 0 Å². The van der Waals surface area contributed by atoms with Gasteiger partial charge in [-0.1, -0.05) is 260 Å². The maximum atomic E-state index is 16.3. The van der Waals surface area contributed by atoms with Crippen molar-refractivity contribution in [3.8, 4) is 67.5 Å². The summed E-state index contributed by atoms with van der Waals surface area (Å²) in [6, 6.07) is 77.2. The van der Waals surface area contributed by atoms with E-state index in [1.54, 1.807) is 6.08 Å². The second-order valence-corrected chi connectivity index (χ2v) is 24.4. The van der Waals surface area contributed by atoms with Crippen LogP contribution < -0.4 is 20.1 Å². The standard InChI is InChI=1S/C83H66N2O5/c1-8-51-33-21-36-59(50(6)7)78(51)85-82(87)67-44-42-65-74-70(89-79-60(52-25-13-9-14-26-52)37-23-38-61(79)53-27-15-10-16-28-53)46-56(45-68-57(48(2)3)34-22-35-58(68)49(4)5)72-66(81(84)86)43-41-64(76(72)74)75-71(47-69(83(85)88)73(67)77(65)75)90-80-62(54-29-17-11-18-30-54)39-24-40-63(80)55-31-19-12-20-32-55/h8-44,46-50H,1,45H2,2-7H3,(H2,84,86). The van der Waals surface area contributed by atoms with Crippen LogP contribution in [0.25, 0.3) is 93.7 Å². The van der Waals surface area contributed by atoms with Gasteiger partial charge in [-0.15, -0.1) is 0 Å². The smallest absolute Gasteiger partial charge is 0.266 e. The molecule has 0 saturated heterocycles. The number of rotatable bonds is 16. The van der Waals surface area contributed by atoms with Crippen LogP contribution in [0.3, 0.4) is 0 Å². The number of anilines is 1. The molecule has 0 radical (unpaired) electrons. The third kappa shape index (κ3) is 9.48. The lowest BCUT2D eigenvalue weighted by molar-refractivity contribution is 0.0891. The molecule has 0 atom stereocenters. The van der Waals surface area contributed by atoms with Gasteiger partial charge in [0, 0.05) is 60.3 Å². The molecule has 0 fully saturated rings. The SMILES string of the molecule is C=Cc1cccc(C(C)C)c1N1C(=O)c2ccc3c4c(Oc5c(-c6ccccc6)cccc5-c5ccccc5)cc(Cc5c(C(C)C)cccc5C(C)C)c5c(C(N)=O)ccc(c6c(Oc7c(-c8ccccc8)cccc7-c7ccccc7)cc(c2c36)C1=O)c54. The number of fused-ring (bicyclic) bond motifs is 2. The van der Waals surface area contributed by atoms with Gasteiger partial charge in [0.15, 0.2) is 0 Å². The van der Waals surface area contributed by atoms with Crippen molar-refractivity contribution in [2.24, 2.45) is 5.73 Å². The number of hydrogen-bond donors (Lipinski definition) is 1. The molecule has 7 nitrogen and oxygen atoms in total. The van der Waals surface area contributed by atoms with E-state index in [4.69, 9.17) is 15.2 Å². The van der Waals surface area contributed by atoms with E-state index in [-0.39, 0.29) is 23.3 Å². The number of nitrogens with zero attached hydrogens (tertiary/aromatic N) is 1. The summed E-state index contributed by atoms with van der Waals surface area (Å²) >= 11 is 0. The number of nitrogens with two attached hydrogens (primary N) is 1. The highest BCUT2D eigenvalue weighted by Crippen LogP contribution is 2.55. The van der Waals surface area contributed by atoms with Crippen molar-refractivity contribution < 1.29 is 23.9 Å². The van der Waals surface area contributed by atoms with Crippen molar-refractivity contribution >= 4 is 72.6 Å². The molecule has 1 heterocycles. The van der Waals surface area contributed by atoms with Gasteiger partial charge in [-0.25, -0.2) is 4.90 Å². The molecule has 3 amide bonds. The Morgan fingerprint density at radius 2 is 0.844 bits per heavy atom. The van der Waals surface area contributed by atoms with Gasteiger partial charge in [0.2, 0.25) is 5.91 Å². The molecule has 0 bridgehead atoms. The normalized spacial score (nSPS) is 12.4. The van der Waals surface area contributed by atoms with Crippen LogP contribution in [0, 0.1) is 0 Å². The highest BCUT2D eigenvalue weighted by molar-refractivity contribution is 6.44. The second-order valence-electron chi connectivity index (χ2n) is 24.4. The first-order valence-corrected chi connectivity index (χ1v) is 31.0. The molecule has 438 valence electrons. The zero-order valence-electron chi connectivity index (χ0n) is 51.2. The number of carbonyl (C=O) groups is 3. The lowest BCUT2D eigenvalue weighted by Crippen LogP contribution is -2.41. The zero-order chi connectivity index (χ0) is 62.1. The van der Waals surface area contributed by atoms with Crippen molar-refractivity contribution in [2.45, 2.75) is 65.7 Å². The Kier molecular flexibility index (Phi) is 14.5. The van der Waals surface area contributed by atoms with E-state index in [2.05, 4.69) is 151 Å². The second kappa shape index (κ2) is 23.0. The number of imide groups is 1. The van der Waals surface area contributed by atoms with Crippen LogP contribution in [0.4, 0.5) is 5.69 Å². The molecule has 13 aromatic rings. The van der Waals surface area contributed by atoms with Gasteiger partial charge < -0.3 is 15.2 Å². The molecule has 1 aliphatic rings. The maximum absolute atomic E-state index is 16.3. The average molecular weight is 1170 g/mol. The van der Waals surface area contributed by atoms with Gasteiger partial charge in [0.1, 0.15) is 23.0 Å². The van der Waals surface area contributed by atoms with E-state index in [9.17, 15) is 4.79 Å². The molecule has 0 aromatic heterocycles. The molecular formula is C83H66N2O5. The lowest BCUT2D eigenvalue weighted by Gasteiger charge is -2.32. The summed E-state index contributed by atoms with van der Waals surface area (Å²) in [5, 5.41) is 5.23. The number of hydrogen-bond acceptors (Lipinski definition) is 5. The molecule has 0 spiro atoms. The summed E-state index contributed by atoms with van der Waals surface area (Å²) in [6.45, 7) is 17.2. The number of para-hydroxylation sites is 3. The first-order valence-electron chi connectivity index (χ1n) is 31.0. The topological polar surface area (TPSA) is 98.9 Å². The van der Waals surface area contributed by atoms with Gasteiger partial charge in [-0.3, -0.25) is 14.4 Å². The molecule has 0 saturated carbocycles. The minimum Gasteiger partial charge on any atom is -0.455 e. The fourth-order valence-corrected chi connectivity index (χ4v) is 14.0. The molecule has 0 aliphatic carbocycles. The molecule has 14 rings (SSSR count). The number of ether oxygens (including phenoxy) is 2. The van der Waals surface area contributed by atoms with Crippen molar-refractivity contribution in [1.29, 1.82) is 0 Å². The fraction of sp³-hybridized carbons (Fsp3) is 0.120. The first-order chi connectivity index (χ1) is 43.8. The van der Waals surface area contributed by atoms with E-state index < -0.39 is 17.7 Å². The molecular weight excluding hydrogens is 1100 g/mol. The number of benzene rings is 13. The lowest BCUT2D eigenvalue weighted by atomic mass is 9.80. The van der Waals surface area contributed by atoms with Gasteiger partial charge in [-0.05, 0) is 120 Å². The van der Waals surface area contributed by atoms with E-state index in [0.29, 0.717) is 89.5 Å². The number of primary amides is 1. The van der Waals surface area contributed by atoms with E-state index in [1.165, 1.54) is 21.6 Å². The highest BCUT2D eigenvalue weighted by atomic mass is 16.5. The van der Waals surface area contributed by atoms with Crippen LogP contribution >= 0.6 is 0 Å². The van der Waals surface area contributed by atoms with Gasteiger partial charge in [-0.2, -0.15) is 0 Å². The van der Waals surface area contributed by atoms with Gasteiger partial charge >= 0.3 is 0 Å². The summed E-state index contributed by atoms with van der Waals surface area (Å²) in [7, 11) is 0. The molecule has 1 aliphatic heterocycles. The zero-order valence-corrected chi connectivity index (χ0v) is 51.2. The molecule has 7 heteroatoms. The Labute approximate surface area is 524 Å². The summed E-state index contributed by atoms with van der Waals surface area (Å²) in [6.07, 6.45) is 2.14. The molecule has 13 aromatic carbocycles. The predicted molar refractivity (Wildman–Crippen MR) is 370 cm³/mol. The summed E-state index contributed by atoms with van der Waals surface area (Å²) in [5.41, 5.74) is 21.2. The average Bonchev–Trinajstić information content (AvgIpc) is 0.705. The Balaban J connectivity index is 1.17. The van der Waals surface area contributed by atoms with Crippen molar-refractivity contribution in [2.75, 3.05) is 4.90 Å². The number of carbonyl (C=O) groups excluding carboxylic acids is 3. The molecule has 2 N–H and O–H groups in total. The number of amides is 3. The largest absolute Gasteiger partial charge is 0.455 e. The summed E-state index contributed by atoms with van der Waals surface area (Å²) < 4.78 is 15.7. The quantitative estimate of drug-likeness (QED) is 0.0590. The van der Waals surface area contributed by atoms with E-state index in [1.807, 2.05) is 127 Å². The van der Waals surface area contributed by atoms with Crippen LogP contribution in [-0.2, 0) is 6.42 Å². The first kappa shape index (κ1) is 56.9. The Morgan fingerprint density at radius 3 is 1.30 bits per heavy atom. The van der Waals surface area contributed by atoms with Crippen molar-refractivity contribution in [1.82, 2.24) is 0 Å². The van der Waals surface area contributed by atoms with Gasteiger partial charge in [0.25, 0.3) is 11.8 Å². The maximum Gasteiger partial charge on any atom is 0.266 e. The fourth-order valence-electron chi connectivity index (χ4n) is 14.0. The van der Waals surface area contributed by atoms with Crippen LogP contribution in [0.1, 0.15) is 124 Å². The third-order valence-corrected chi connectivity index (χ3v) is 18.1. The van der Waals surface area contributed by atoms with Crippen LogP contribution in [0.5, 0.6) is 23.0 Å². The minimum atomic E-state index is -0.585.